The molecule has 1 aliphatic rings. The molecule has 0 bridgehead atoms. The molecule has 0 spiro atoms. The molecule has 0 N–H and O–H groups in total. The van der Waals surface area contributed by atoms with Crippen LogP contribution in [-0.4, -0.2) is 12.4 Å². The maximum absolute atomic E-state index is 12.5. The summed E-state index contributed by atoms with van der Waals surface area (Å²) in [5.74, 6) is 0.0718. The standard InChI is InChI=1S/C20H16O2/c1-13-6-8-14(9-7-13)19-17-5-3-2-4-15(17)10-16-11-22-12-18(21)20(16)19/h2-10H,11-12H2,1H3. The topological polar surface area (TPSA) is 26.3 Å². The summed E-state index contributed by atoms with van der Waals surface area (Å²) in [6, 6.07) is 18.7. The Kier molecular flexibility index (Phi) is 3.05. The number of ether oxygens (including phenoxy) is 1. The van der Waals surface area contributed by atoms with E-state index in [-0.39, 0.29) is 12.4 Å². The Morgan fingerprint density at radius 2 is 1.68 bits per heavy atom. The Bertz CT molecular complexity index is 876. The molecule has 1 aliphatic heterocycles. The number of rotatable bonds is 1. The van der Waals surface area contributed by atoms with Crippen LogP contribution in [-0.2, 0) is 11.3 Å². The number of Topliss-reactive ketones (excluding diaryl/α,β-unsaturated/α-hetero) is 1. The number of aryl methyl sites for hydroxylation is 1. The van der Waals surface area contributed by atoms with Crippen molar-refractivity contribution < 1.29 is 9.53 Å². The van der Waals surface area contributed by atoms with Crippen LogP contribution in [0.15, 0.2) is 54.6 Å². The predicted octanol–water partition coefficient (Wildman–Crippen LogP) is 4.53. The monoisotopic (exact) mass is 288 g/mol. The number of hydrogen-bond acceptors (Lipinski definition) is 2. The fourth-order valence-electron chi connectivity index (χ4n) is 3.18. The lowest BCUT2D eigenvalue weighted by molar-refractivity contribution is 0.0667. The third-order valence-electron chi connectivity index (χ3n) is 4.24. The second kappa shape index (κ2) is 5.08. The van der Waals surface area contributed by atoms with Crippen LogP contribution in [0.25, 0.3) is 21.9 Å². The second-order valence-corrected chi connectivity index (χ2v) is 5.79. The fraction of sp³-hybridized carbons (Fsp3) is 0.150. The molecule has 22 heavy (non-hydrogen) atoms. The molecule has 0 saturated heterocycles. The average molecular weight is 288 g/mol. The lowest BCUT2D eigenvalue weighted by Gasteiger charge is -2.21. The summed E-state index contributed by atoms with van der Waals surface area (Å²) in [5, 5.41) is 2.27. The number of ketones is 1. The van der Waals surface area contributed by atoms with E-state index in [4.69, 9.17) is 4.74 Å². The van der Waals surface area contributed by atoms with Gasteiger partial charge in [0.05, 0.1) is 6.61 Å². The van der Waals surface area contributed by atoms with E-state index < -0.39 is 0 Å². The van der Waals surface area contributed by atoms with Crippen molar-refractivity contribution in [1.29, 1.82) is 0 Å². The van der Waals surface area contributed by atoms with Crippen molar-refractivity contribution in [3.63, 3.8) is 0 Å². The summed E-state index contributed by atoms with van der Waals surface area (Å²) in [4.78, 5) is 12.5. The van der Waals surface area contributed by atoms with Gasteiger partial charge >= 0.3 is 0 Å². The van der Waals surface area contributed by atoms with Gasteiger partial charge in [0.25, 0.3) is 0 Å². The molecule has 0 fully saturated rings. The minimum Gasteiger partial charge on any atom is -0.369 e. The highest BCUT2D eigenvalue weighted by Crippen LogP contribution is 2.36. The van der Waals surface area contributed by atoms with Gasteiger partial charge in [0.2, 0.25) is 0 Å². The average Bonchev–Trinajstić information content (AvgIpc) is 2.54. The van der Waals surface area contributed by atoms with E-state index in [9.17, 15) is 4.79 Å². The first-order chi connectivity index (χ1) is 10.7. The third kappa shape index (κ3) is 2.04. The van der Waals surface area contributed by atoms with Crippen molar-refractivity contribution >= 4 is 16.6 Å². The highest BCUT2D eigenvalue weighted by Gasteiger charge is 2.24. The summed E-state index contributed by atoms with van der Waals surface area (Å²) in [7, 11) is 0. The first kappa shape index (κ1) is 13.2. The van der Waals surface area contributed by atoms with Crippen molar-refractivity contribution in [1.82, 2.24) is 0 Å². The van der Waals surface area contributed by atoms with Gasteiger partial charge in [-0.2, -0.15) is 0 Å². The molecule has 0 saturated carbocycles. The van der Waals surface area contributed by atoms with Crippen LogP contribution in [0.5, 0.6) is 0 Å². The third-order valence-corrected chi connectivity index (χ3v) is 4.24. The zero-order valence-corrected chi connectivity index (χ0v) is 12.4. The molecule has 108 valence electrons. The van der Waals surface area contributed by atoms with E-state index in [1.165, 1.54) is 5.56 Å². The number of carbonyl (C=O) groups is 1. The van der Waals surface area contributed by atoms with Gasteiger partial charge < -0.3 is 4.74 Å². The van der Waals surface area contributed by atoms with Crippen LogP contribution in [0.2, 0.25) is 0 Å². The molecular formula is C20H16O2. The van der Waals surface area contributed by atoms with E-state index in [0.717, 1.165) is 33.0 Å². The smallest absolute Gasteiger partial charge is 0.189 e. The second-order valence-electron chi connectivity index (χ2n) is 5.79. The molecule has 0 aliphatic carbocycles. The lowest BCUT2D eigenvalue weighted by Crippen LogP contribution is -2.19. The van der Waals surface area contributed by atoms with Gasteiger partial charge in [0.15, 0.2) is 5.78 Å². The van der Waals surface area contributed by atoms with E-state index in [2.05, 4.69) is 49.4 Å². The van der Waals surface area contributed by atoms with Crippen LogP contribution >= 0.6 is 0 Å². The molecule has 0 unspecified atom stereocenters. The molecule has 2 heteroatoms. The molecule has 0 radical (unpaired) electrons. The summed E-state index contributed by atoms with van der Waals surface area (Å²) >= 11 is 0. The molecule has 3 aromatic rings. The van der Waals surface area contributed by atoms with Crippen LogP contribution in [0.4, 0.5) is 0 Å². The SMILES string of the molecule is Cc1ccc(-c2c3c(cc4ccccc24)COCC3=O)cc1. The maximum Gasteiger partial charge on any atom is 0.189 e. The minimum absolute atomic E-state index is 0.0718. The highest BCUT2D eigenvalue weighted by molar-refractivity contribution is 6.12. The van der Waals surface area contributed by atoms with Gasteiger partial charge in [0.1, 0.15) is 6.61 Å². The van der Waals surface area contributed by atoms with Crippen molar-refractivity contribution in [2.24, 2.45) is 0 Å². The number of fused-ring (bicyclic) bond motifs is 2. The predicted molar refractivity (Wildman–Crippen MR) is 88.1 cm³/mol. The van der Waals surface area contributed by atoms with Crippen molar-refractivity contribution in [3.05, 3.63) is 71.3 Å². The van der Waals surface area contributed by atoms with Gasteiger partial charge in [-0.25, -0.2) is 0 Å². The Labute approximate surface area is 129 Å². The van der Waals surface area contributed by atoms with E-state index in [0.29, 0.717) is 6.61 Å². The van der Waals surface area contributed by atoms with Crippen LogP contribution in [0.3, 0.4) is 0 Å². The van der Waals surface area contributed by atoms with Crippen LogP contribution in [0.1, 0.15) is 21.5 Å². The lowest BCUT2D eigenvalue weighted by atomic mass is 9.87. The number of hydrogen-bond donors (Lipinski definition) is 0. The maximum atomic E-state index is 12.5. The fourth-order valence-corrected chi connectivity index (χ4v) is 3.18. The number of carbonyl (C=O) groups excluding carboxylic acids is 1. The first-order valence-corrected chi connectivity index (χ1v) is 7.46. The molecular weight excluding hydrogens is 272 g/mol. The largest absolute Gasteiger partial charge is 0.369 e. The molecule has 0 amide bonds. The highest BCUT2D eigenvalue weighted by atomic mass is 16.5. The summed E-state index contributed by atoms with van der Waals surface area (Å²) < 4.78 is 5.42. The molecule has 4 rings (SSSR count). The van der Waals surface area contributed by atoms with Gasteiger partial charge in [-0.1, -0.05) is 54.1 Å². The molecule has 1 heterocycles. The van der Waals surface area contributed by atoms with E-state index in [1.54, 1.807) is 0 Å². The Balaban J connectivity index is 2.11. The van der Waals surface area contributed by atoms with E-state index >= 15 is 0 Å². The van der Waals surface area contributed by atoms with Gasteiger partial charge in [-0.05, 0) is 34.9 Å². The van der Waals surface area contributed by atoms with Gasteiger partial charge in [-0.15, -0.1) is 0 Å². The Morgan fingerprint density at radius 1 is 0.909 bits per heavy atom. The summed E-state index contributed by atoms with van der Waals surface area (Å²) in [5.41, 5.74) is 5.17. The van der Waals surface area contributed by atoms with Crippen molar-refractivity contribution in [3.8, 4) is 11.1 Å². The minimum atomic E-state index is 0.0718. The van der Waals surface area contributed by atoms with Gasteiger partial charge in [0, 0.05) is 11.1 Å². The summed E-state index contributed by atoms with van der Waals surface area (Å²) in [6.07, 6.45) is 0. The quantitative estimate of drug-likeness (QED) is 0.657. The first-order valence-electron chi connectivity index (χ1n) is 7.46. The number of benzene rings is 3. The molecule has 2 nitrogen and oxygen atoms in total. The van der Waals surface area contributed by atoms with Crippen molar-refractivity contribution in [2.45, 2.75) is 13.5 Å². The normalized spacial score (nSPS) is 14.1. The molecule has 3 aromatic carbocycles. The molecule has 0 atom stereocenters. The zero-order valence-electron chi connectivity index (χ0n) is 12.4. The zero-order chi connectivity index (χ0) is 15.1. The van der Waals surface area contributed by atoms with Crippen LogP contribution < -0.4 is 0 Å². The van der Waals surface area contributed by atoms with Crippen molar-refractivity contribution in [2.75, 3.05) is 6.61 Å². The van der Waals surface area contributed by atoms with Crippen LogP contribution in [0, 0.1) is 6.92 Å². The molecule has 0 aromatic heterocycles. The Hall–Kier alpha value is -2.45. The van der Waals surface area contributed by atoms with Gasteiger partial charge in [-0.3, -0.25) is 4.79 Å². The Morgan fingerprint density at radius 3 is 2.50 bits per heavy atom. The van der Waals surface area contributed by atoms with E-state index in [1.807, 2.05) is 12.1 Å². The summed E-state index contributed by atoms with van der Waals surface area (Å²) in [6.45, 7) is 2.75.